The van der Waals surface area contributed by atoms with Crippen LogP contribution in [0.3, 0.4) is 0 Å². The Hall–Kier alpha value is -3.23. The van der Waals surface area contributed by atoms with Gasteiger partial charge in [0.1, 0.15) is 11.5 Å². The fourth-order valence-electron chi connectivity index (χ4n) is 2.78. The molecule has 2 N–H and O–H groups in total. The Bertz CT molecular complexity index is 1200. The minimum Gasteiger partial charge on any atom is -0.492 e. The summed E-state index contributed by atoms with van der Waals surface area (Å²) < 4.78 is 38.7. The van der Waals surface area contributed by atoms with E-state index in [1.165, 1.54) is 18.2 Å². The van der Waals surface area contributed by atoms with E-state index in [1.54, 1.807) is 48.5 Å². The zero-order chi connectivity index (χ0) is 23.1. The third-order valence-corrected chi connectivity index (χ3v) is 6.01. The van der Waals surface area contributed by atoms with Gasteiger partial charge in [-0.1, -0.05) is 41.4 Å². The SMILES string of the molecule is CCOc1ccccc1NC(=O)COc1ccc(S(=O)(=O)Nc2ccc(C)cc2)cc1Cl. The largest absolute Gasteiger partial charge is 0.492 e. The third kappa shape index (κ3) is 6.15. The molecule has 32 heavy (non-hydrogen) atoms. The number of amides is 1. The van der Waals surface area contributed by atoms with Crippen molar-refractivity contribution in [3.8, 4) is 11.5 Å². The number of hydrogen-bond acceptors (Lipinski definition) is 5. The minimum atomic E-state index is -3.83. The van der Waals surface area contributed by atoms with Crippen molar-refractivity contribution in [2.24, 2.45) is 0 Å². The van der Waals surface area contributed by atoms with Gasteiger partial charge in [0.05, 0.1) is 22.2 Å². The lowest BCUT2D eigenvalue weighted by Crippen LogP contribution is -2.20. The van der Waals surface area contributed by atoms with Gasteiger partial charge in [-0.15, -0.1) is 0 Å². The number of rotatable bonds is 9. The number of halogens is 1. The van der Waals surface area contributed by atoms with Crippen molar-refractivity contribution in [2.45, 2.75) is 18.7 Å². The Morgan fingerprint density at radius 1 is 0.969 bits per heavy atom. The van der Waals surface area contributed by atoms with Crippen LogP contribution in [0, 0.1) is 6.92 Å². The van der Waals surface area contributed by atoms with E-state index < -0.39 is 15.9 Å². The van der Waals surface area contributed by atoms with Crippen molar-refractivity contribution >= 4 is 38.9 Å². The molecule has 9 heteroatoms. The summed E-state index contributed by atoms with van der Waals surface area (Å²) in [6.07, 6.45) is 0. The maximum Gasteiger partial charge on any atom is 0.262 e. The van der Waals surface area contributed by atoms with Gasteiger partial charge < -0.3 is 14.8 Å². The number of anilines is 2. The van der Waals surface area contributed by atoms with Crippen molar-refractivity contribution in [3.63, 3.8) is 0 Å². The zero-order valence-electron chi connectivity index (χ0n) is 17.6. The first-order chi connectivity index (χ1) is 15.3. The Labute approximate surface area is 192 Å². The van der Waals surface area contributed by atoms with Crippen LogP contribution in [0.15, 0.2) is 71.6 Å². The molecular formula is C23H23ClN2O5S. The Morgan fingerprint density at radius 3 is 2.38 bits per heavy atom. The molecule has 0 aromatic heterocycles. The van der Waals surface area contributed by atoms with Crippen molar-refractivity contribution in [2.75, 3.05) is 23.3 Å². The Balaban J connectivity index is 1.64. The lowest BCUT2D eigenvalue weighted by Gasteiger charge is -2.13. The van der Waals surface area contributed by atoms with Crippen LogP contribution in [0.1, 0.15) is 12.5 Å². The number of aryl methyl sites for hydroxylation is 1. The molecule has 0 aliphatic rings. The average molecular weight is 475 g/mol. The van der Waals surface area contributed by atoms with E-state index in [-0.39, 0.29) is 22.3 Å². The minimum absolute atomic E-state index is 0.0227. The molecule has 168 valence electrons. The second-order valence-corrected chi connectivity index (χ2v) is 8.92. The molecule has 0 atom stereocenters. The van der Waals surface area contributed by atoms with E-state index in [0.29, 0.717) is 23.7 Å². The van der Waals surface area contributed by atoms with E-state index >= 15 is 0 Å². The summed E-state index contributed by atoms with van der Waals surface area (Å²) >= 11 is 6.20. The van der Waals surface area contributed by atoms with Gasteiger partial charge in [0.2, 0.25) is 0 Å². The van der Waals surface area contributed by atoms with E-state index in [9.17, 15) is 13.2 Å². The average Bonchev–Trinajstić information content (AvgIpc) is 2.76. The summed E-state index contributed by atoms with van der Waals surface area (Å²) in [5.74, 6) is 0.331. The first-order valence-corrected chi connectivity index (χ1v) is 11.7. The van der Waals surface area contributed by atoms with E-state index in [1.807, 2.05) is 13.8 Å². The van der Waals surface area contributed by atoms with Crippen LogP contribution in [0.25, 0.3) is 0 Å². The van der Waals surface area contributed by atoms with Gasteiger partial charge in [0.25, 0.3) is 15.9 Å². The molecule has 0 aliphatic carbocycles. The van der Waals surface area contributed by atoms with Gasteiger partial charge in [-0.2, -0.15) is 0 Å². The highest BCUT2D eigenvalue weighted by atomic mass is 35.5. The summed E-state index contributed by atoms with van der Waals surface area (Å²) in [6.45, 7) is 3.92. The summed E-state index contributed by atoms with van der Waals surface area (Å²) in [7, 11) is -3.83. The molecule has 3 aromatic rings. The molecule has 1 amide bonds. The monoisotopic (exact) mass is 474 g/mol. The maximum absolute atomic E-state index is 12.6. The normalized spacial score (nSPS) is 11.0. The molecular weight excluding hydrogens is 452 g/mol. The molecule has 0 spiro atoms. The van der Waals surface area contributed by atoms with E-state index in [4.69, 9.17) is 21.1 Å². The molecule has 0 saturated heterocycles. The number of carbonyl (C=O) groups excluding carboxylic acids is 1. The molecule has 0 fully saturated rings. The molecule has 0 aliphatic heterocycles. The second-order valence-electron chi connectivity index (χ2n) is 6.83. The van der Waals surface area contributed by atoms with Crippen LogP contribution in [-0.4, -0.2) is 27.5 Å². The van der Waals surface area contributed by atoms with E-state index in [2.05, 4.69) is 10.0 Å². The van der Waals surface area contributed by atoms with Gasteiger partial charge >= 0.3 is 0 Å². The molecule has 0 saturated carbocycles. The number of para-hydroxylation sites is 2. The van der Waals surface area contributed by atoms with Crippen molar-refractivity contribution in [1.82, 2.24) is 0 Å². The molecule has 3 aromatic carbocycles. The summed E-state index contributed by atoms with van der Waals surface area (Å²) in [5, 5.41) is 2.78. The van der Waals surface area contributed by atoms with Crippen LogP contribution in [0.2, 0.25) is 5.02 Å². The quantitative estimate of drug-likeness (QED) is 0.461. The zero-order valence-corrected chi connectivity index (χ0v) is 19.2. The van der Waals surface area contributed by atoms with Gasteiger partial charge in [0.15, 0.2) is 6.61 Å². The number of nitrogens with one attached hydrogen (secondary N) is 2. The van der Waals surface area contributed by atoms with Gasteiger partial charge in [-0.3, -0.25) is 9.52 Å². The van der Waals surface area contributed by atoms with Crippen molar-refractivity contribution in [3.05, 3.63) is 77.3 Å². The number of benzene rings is 3. The highest BCUT2D eigenvalue weighted by Crippen LogP contribution is 2.29. The predicted molar refractivity (Wildman–Crippen MR) is 125 cm³/mol. The number of carbonyl (C=O) groups is 1. The Kier molecular flexibility index (Phi) is 7.61. The first kappa shape index (κ1) is 23.4. The summed E-state index contributed by atoms with van der Waals surface area (Å²) in [4.78, 5) is 12.2. The molecule has 0 radical (unpaired) electrons. The number of ether oxygens (including phenoxy) is 2. The second kappa shape index (κ2) is 10.4. The molecule has 3 rings (SSSR count). The third-order valence-electron chi connectivity index (χ3n) is 4.34. The van der Waals surface area contributed by atoms with Gasteiger partial charge in [-0.05, 0) is 56.3 Å². The van der Waals surface area contributed by atoms with Crippen LogP contribution in [0.4, 0.5) is 11.4 Å². The van der Waals surface area contributed by atoms with Crippen LogP contribution >= 0.6 is 11.6 Å². The Morgan fingerprint density at radius 2 is 1.69 bits per heavy atom. The molecule has 7 nitrogen and oxygen atoms in total. The van der Waals surface area contributed by atoms with E-state index in [0.717, 1.165) is 5.56 Å². The van der Waals surface area contributed by atoms with Crippen LogP contribution in [0.5, 0.6) is 11.5 Å². The maximum atomic E-state index is 12.6. The van der Waals surface area contributed by atoms with Crippen LogP contribution < -0.4 is 19.5 Å². The number of sulfonamides is 1. The topological polar surface area (TPSA) is 93.7 Å². The number of hydrogen-bond donors (Lipinski definition) is 2. The highest BCUT2D eigenvalue weighted by molar-refractivity contribution is 7.92. The van der Waals surface area contributed by atoms with Crippen molar-refractivity contribution < 1.29 is 22.7 Å². The molecule has 0 heterocycles. The molecule has 0 unspecified atom stereocenters. The highest BCUT2D eigenvalue weighted by Gasteiger charge is 2.17. The van der Waals surface area contributed by atoms with Gasteiger partial charge in [-0.25, -0.2) is 8.42 Å². The summed E-state index contributed by atoms with van der Waals surface area (Å²) in [5.41, 5.74) is 1.98. The van der Waals surface area contributed by atoms with Crippen LogP contribution in [-0.2, 0) is 14.8 Å². The lowest BCUT2D eigenvalue weighted by molar-refractivity contribution is -0.118. The standard InChI is InChI=1S/C23H23ClN2O5S/c1-3-30-22-7-5-4-6-20(22)25-23(27)15-31-21-13-12-18(14-19(21)24)32(28,29)26-17-10-8-16(2)9-11-17/h4-14,26H,3,15H2,1-2H3,(H,25,27). The predicted octanol–water partition coefficient (Wildman–Crippen LogP) is 4.87. The fourth-order valence-corrected chi connectivity index (χ4v) is 4.17. The molecule has 0 bridgehead atoms. The smallest absolute Gasteiger partial charge is 0.262 e. The summed E-state index contributed by atoms with van der Waals surface area (Å²) in [6, 6.07) is 18.1. The fraction of sp³-hybridized carbons (Fsp3) is 0.174. The van der Waals surface area contributed by atoms with Crippen molar-refractivity contribution in [1.29, 1.82) is 0 Å². The lowest BCUT2D eigenvalue weighted by atomic mass is 10.2. The van der Waals surface area contributed by atoms with Gasteiger partial charge in [0, 0.05) is 5.69 Å². The first-order valence-electron chi connectivity index (χ1n) is 9.82.